The van der Waals surface area contributed by atoms with E-state index in [1.165, 1.54) is 0 Å². The third kappa shape index (κ3) is 6.52. The summed E-state index contributed by atoms with van der Waals surface area (Å²) in [5.41, 5.74) is 0. The molecule has 0 aromatic carbocycles. The molecule has 0 amide bonds. The molecule has 2 heterocycles. The van der Waals surface area contributed by atoms with Crippen molar-refractivity contribution in [2.24, 2.45) is 23.7 Å². The molecule has 0 aromatic rings. The lowest BCUT2D eigenvalue weighted by atomic mass is 9.81. The molecule has 2 aliphatic rings. The van der Waals surface area contributed by atoms with Crippen LogP contribution in [-0.2, 0) is 23.4 Å². The van der Waals surface area contributed by atoms with Crippen LogP contribution in [0.2, 0.25) is 19.6 Å². The predicted molar refractivity (Wildman–Crippen MR) is 127 cm³/mol. The van der Waals surface area contributed by atoms with E-state index in [1.807, 2.05) is 0 Å². The smallest absolute Gasteiger partial charge is 0.184 e. The van der Waals surface area contributed by atoms with Crippen LogP contribution in [0.25, 0.3) is 0 Å². The number of alkyl halides is 1. The minimum atomic E-state index is -1.77. The fraction of sp³-hybridized carbons (Fsp3) is 1.00. The first-order valence-corrected chi connectivity index (χ1v) is 16.4. The molecule has 178 valence electrons. The SMILES string of the molecule is CCC1O[C@H](OC2[C@@H](OCCBr)OC(CC)[C@@H](C)[C@@H]2C)C(O[Si](C)(C)C)[C@@H](C)[C@@H]1C. The summed E-state index contributed by atoms with van der Waals surface area (Å²) in [7, 11) is -1.77. The molecule has 2 rings (SSSR count). The topological polar surface area (TPSA) is 46.2 Å². The van der Waals surface area contributed by atoms with Crippen LogP contribution in [-0.4, -0.2) is 57.3 Å². The Morgan fingerprint density at radius 2 is 1.27 bits per heavy atom. The first-order valence-electron chi connectivity index (χ1n) is 11.9. The number of halogens is 1. The standard InChI is InChI=1S/C23H45BrO5Si/c1-10-18-14(3)16(5)20(22(26-18)25-13-12-24)28-23-21(29-30(7,8)9)17(6)15(4)19(11-2)27-23/h14-23H,10-13H2,1-9H3/t14-,15-,16-,17-,18?,19?,20?,21?,22-,23+/m0/s1. The van der Waals surface area contributed by atoms with E-state index in [9.17, 15) is 0 Å². The zero-order chi connectivity index (χ0) is 22.6. The van der Waals surface area contributed by atoms with Crippen LogP contribution in [0.5, 0.6) is 0 Å². The van der Waals surface area contributed by atoms with Crippen molar-refractivity contribution in [3.05, 3.63) is 0 Å². The fourth-order valence-corrected chi connectivity index (χ4v) is 6.10. The highest BCUT2D eigenvalue weighted by atomic mass is 79.9. The summed E-state index contributed by atoms with van der Waals surface area (Å²) in [5.74, 6) is 1.49. The van der Waals surface area contributed by atoms with E-state index in [4.69, 9.17) is 23.4 Å². The van der Waals surface area contributed by atoms with E-state index in [0.29, 0.717) is 30.3 Å². The summed E-state index contributed by atoms with van der Waals surface area (Å²) in [6.45, 7) is 20.7. The van der Waals surface area contributed by atoms with Crippen molar-refractivity contribution >= 4 is 24.2 Å². The average Bonchev–Trinajstić information content (AvgIpc) is 2.69. The lowest BCUT2D eigenvalue weighted by Crippen LogP contribution is -2.58. The molecule has 5 nitrogen and oxygen atoms in total. The number of hydrogen-bond acceptors (Lipinski definition) is 5. The molecule has 0 N–H and O–H groups in total. The molecule has 7 heteroatoms. The van der Waals surface area contributed by atoms with Crippen LogP contribution in [0.4, 0.5) is 0 Å². The quantitative estimate of drug-likeness (QED) is 0.290. The third-order valence-corrected chi connectivity index (χ3v) is 8.27. The molecule has 2 aliphatic heterocycles. The van der Waals surface area contributed by atoms with Crippen molar-refractivity contribution in [3.8, 4) is 0 Å². The molecule has 2 fully saturated rings. The average molecular weight is 510 g/mol. The Hall–Kier alpha value is 0.497. The van der Waals surface area contributed by atoms with Crippen LogP contribution in [0.15, 0.2) is 0 Å². The van der Waals surface area contributed by atoms with Gasteiger partial charge in [0.25, 0.3) is 0 Å². The molecule has 4 unspecified atom stereocenters. The summed E-state index contributed by atoms with van der Waals surface area (Å²) in [6, 6.07) is 0. The van der Waals surface area contributed by atoms with Crippen LogP contribution in [0, 0.1) is 23.7 Å². The summed E-state index contributed by atoms with van der Waals surface area (Å²) in [6.07, 6.45) is 1.27. The molecular formula is C23H45BrO5Si. The van der Waals surface area contributed by atoms with Crippen molar-refractivity contribution in [2.45, 2.75) is 111 Å². The van der Waals surface area contributed by atoms with Crippen LogP contribution in [0.3, 0.4) is 0 Å². The second kappa shape index (κ2) is 11.6. The number of rotatable bonds is 9. The van der Waals surface area contributed by atoms with Gasteiger partial charge in [-0.2, -0.15) is 0 Å². The molecule has 0 bridgehead atoms. The summed E-state index contributed by atoms with van der Waals surface area (Å²) in [4.78, 5) is 0. The van der Waals surface area contributed by atoms with E-state index in [0.717, 1.165) is 18.2 Å². The van der Waals surface area contributed by atoms with E-state index in [1.54, 1.807) is 0 Å². The van der Waals surface area contributed by atoms with Gasteiger partial charge in [0.15, 0.2) is 20.9 Å². The van der Waals surface area contributed by atoms with Gasteiger partial charge in [-0.15, -0.1) is 0 Å². The summed E-state index contributed by atoms with van der Waals surface area (Å²) < 4.78 is 32.3. The second-order valence-corrected chi connectivity index (χ2v) is 15.4. The molecule has 0 spiro atoms. The molecule has 0 aliphatic carbocycles. The Bertz CT molecular complexity index is 516. The van der Waals surface area contributed by atoms with Gasteiger partial charge < -0.3 is 23.4 Å². The Kier molecular flexibility index (Phi) is 10.3. The highest BCUT2D eigenvalue weighted by molar-refractivity contribution is 9.09. The molecular weight excluding hydrogens is 464 g/mol. The predicted octanol–water partition coefficient (Wildman–Crippen LogP) is 5.82. The molecule has 0 radical (unpaired) electrons. The van der Waals surface area contributed by atoms with Crippen molar-refractivity contribution < 1.29 is 23.4 Å². The van der Waals surface area contributed by atoms with Gasteiger partial charge in [-0.25, -0.2) is 0 Å². The summed E-state index contributed by atoms with van der Waals surface area (Å²) >= 11 is 3.47. The van der Waals surface area contributed by atoms with Gasteiger partial charge in [0.05, 0.1) is 24.9 Å². The molecule has 10 atom stereocenters. The molecule has 0 saturated carbocycles. The monoisotopic (exact) mass is 508 g/mol. The highest BCUT2D eigenvalue weighted by Crippen LogP contribution is 2.40. The van der Waals surface area contributed by atoms with Gasteiger partial charge in [0, 0.05) is 5.33 Å². The largest absolute Gasteiger partial charge is 0.409 e. The van der Waals surface area contributed by atoms with Crippen molar-refractivity contribution in [1.82, 2.24) is 0 Å². The minimum Gasteiger partial charge on any atom is -0.409 e. The maximum Gasteiger partial charge on any atom is 0.184 e. The Balaban J connectivity index is 2.27. The van der Waals surface area contributed by atoms with E-state index >= 15 is 0 Å². The van der Waals surface area contributed by atoms with Gasteiger partial charge in [-0.05, 0) is 56.2 Å². The van der Waals surface area contributed by atoms with Gasteiger partial charge in [-0.1, -0.05) is 57.5 Å². The first-order chi connectivity index (χ1) is 14.0. The fourth-order valence-electron chi connectivity index (χ4n) is 4.77. The lowest BCUT2D eigenvalue weighted by Gasteiger charge is -2.50. The second-order valence-electron chi connectivity index (χ2n) is 10.2. The zero-order valence-corrected chi connectivity index (χ0v) is 23.1. The van der Waals surface area contributed by atoms with E-state index in [-0.39, 0.29) is 30.7 Å². The number of hydrogen-bond donors (Lipinski definition) is 0. The van der Waals surface area contributed by atoms with E-state index < -0.39 is 14.6 Å². The van der Waals surface area contributed by atoms with E-state index in [2.05, 4.69) is 77.1 Å². The molecule has 2 saturated heterocycles. The first kappa shape index (κ1) is 26.7. The maximum absolute atomic E-state index is 6.74. The van der Waals surface area contributed by atoms with Gasteiger partial charge in [0.1, 0.15) is 6.10 Å². The maximum atomic E-state index is 6.74. The third-order valence-electron chi connectivity index (χ3n) is 6.97. The van der Waals surface area contributed by atoms with Gasteiger partial charge in [-0.3, -0.25) is 0 Å². The van der Waals surface area contributed by atoms with Crippen LogP contribution < -0.4 is 0 Å². The summed E-state index contributed by atoms with van der Waals surface area (Å²) in [5, 5.41) is 0.772. The molecule has 30 heavy (non-hydrogen) atoms. The van der Waals surface area contributed by atoms with Gasteiger partial charge in [0.2, 0.25) is 0 Å². The Morgan fingerprint density at radius 3 is 1.73 bits per heavy atom. The van der Waals surface area contributed by atoms with Crippen molar-refractivity contribution in [2.75, 3.05) is 11.9 Å². The van der Waals surface area contributed by atoms with Crippen molar-refractivity contribution in [3.63, 3.8) is 0 Å². The zero-order valence-electron chi connectivity index (χ0n) is 20.5. The van der Waals surface area contributed by atoms with Crippen molar-refractivity contribution in [1.29, 1.82) is 0 Å². The van der Waals surface area contributed by atoms with Crippen LogP contribution >= 0.6 is 15.9 Å². The van der Waals surface area contributed by atoms with Crippen LogP contribution in [0.1, 0.15) is 54.4 Å². The lowest BCUT2D eigenvalue weighted by molar-refractivity contribution is -0.342. The Labute approximate surface area is 194 Å². The minimum absolute atomic E-state index is 0.0716. The molecule has 0 aromatic heterocycles. The Morgan fingerprint density at radius 1 is 0.767 bits per heavy atom. The highest BCUT2D eigenvalue weighted by Gasteiger charge is 2.49. The van der Waals surface area contributed by atoms with Gasteiger partial charge >= 0.3 is 0 Å². The normalized spacial score (nSPS) is 43.0. The number of ether oxygens (including phenoxy) is 4.